The van der Waals surface area contributed by atoms with E-state index in [4.69, 9.17) is 5.73 Å². The fourth-order valence-electron chi connectivity index (χ4n) is 3.00. The third-order valence-corrected chi connectivity index (χ3v) is 4.24. The van der Waals surface area contributed by atoms with Crippen molar-refractivity contribution < 1.29 is 4.79 Å². The van der Waals surface area contributed by atoms with Crippen molar-refractivity contribution in [3.8, 4) is 0 Å². The zero-order chi connectivity index (χ0) is 14.0. The van der Waals surface area contributed by atoms with Crippen LogP contribution in [0.15, 0.2) is 24.3 Å². The lowest BCUT2D eigenvalue weighted by Crippen LogP contribution is -2.45. The predicted octanol–water partition coefficient (Wildman–Crippen LogP) is 2.44. The highest BCUT2D eigenvalue weighted by Gasteiger charge is 2.35. The van der Waals surface area contributed by atoms with Gasteiger partial charge in [-0.2, -0.15) is 0 Å². The first-order valence-corrected chi connectivity index (χ1v) is 7.16. The topological polar surface area (TPSA) is 46.3 Å². The Morgan fingerprint density at radius 3 is 2.79 bits per heavy atom. The molecule has 1 heterocycles. The molecule has 1 fully saturated rings. The average molecular weight is 260 g/mol. The molecule has 3 heteroatoms. The summed E-state index contributed by atoms with van der Waals surface area (Å²) in [6.07, 6.45) is 1.74. The number of rotatable bonds is 3. The van der Waals surface area contributed by atoms with Gasteiger partial charge in [-0.05, 0) is 37.8 Å². The first-order valence-electron chi connectivity index (χ1n) is 7.16. The average Bonchev–Trinajstić information content (AvgIpc) is 2.79. The smallest absolute Gasteiger partial charge is 0.239 e. The minimum Gasteiger partial charge on any atom is -0.338 e. The number of nitrogens with zero attached hydrogens (tertiary/aromatic N) is 1. The summed E-state index contributed by atoms with van der Waals surface area (Å²) in [4.78, 5) is 14.2. The van der Waals surface area contributed by atoms with Crippen LogP contribution < -0.4 is 5.73 Å². The summed E-state index contributed by atoms with van der Waals surface area (Å²) >= 11 is 0. The molecule has 0 spiro atoms. The molecule has 2 N–H and O–H groups in total. The Hall–Kier alpha value is -1.35. The molecule has 1 aliphatic heterocycles. The summed E-state index contributed by atoms with van der Waals surface area (Å²) in [5, 5.41) is 0. The summed E-state index contributed by atoms with van der Waals surface area (Å²) in [6.45, 7) is 7.03. The van der Waals surface area contributed by atoms with Gasteiger partial charge in [0.1, 0.15) is 0 Å². The van der Waals surface area contributed by atoms with E-state index in [1.165, 1.54) is 11.1 Å². The molecule has 3 nitrogen and oxygen atoms in total. The first kappa shape index (κ1) is 14.1. The Bertz CT molecular complexity index is 458. The second kappa shape index (κ2) is 5.74. The van der Waals surface area contributed by atoms with E-state index >= 15 is 0 Å². The quantitative estimate of drug-likeness (QED) is 0.907. The Kier molecular flexibility index (Phi) is 4.25. The minimum atomic E-state index is -0.349. The lowest BCUT2D eigenvalue weighted by Gasteiger charge is -2.24. The van der Waals surface area contributed by atoms with Gasteiger partial charge in [0, 0.05) is 18.5 Å². The standard InChI is InChI=1S/C16H24N2O/c1-4-15(17)16(19)18-10-13(9-12(18)3)14-8-6-5-7-11(14)2/h5-8,12-13,15H,4,9-10,17H2,1-3H3/t12-,13+,15+/m1/s1. The third kappa shape index (κ3) is 2.81. The molecule has 0 unspecified atom stereocenters. The third-order valence-electron chi connectivity index (χ3n) is 4.24. The number of amides is 1. The largest absolute Gasteiger partial charge is 0.338 e. The lowest BCUT2D eigenvalue weighted by molar-refractivity contribution is -0.133. The maximum atomic E-state index is 12.2. The molecule has 0 aromatic heterocycles. The minimum absolute atomic E-state index is 0.103. The number of benzene rings is 1. The van der Waals surface area contributed by atoms with Crippen LogP contribution in [0.3, 0.4) is 0 Å². The maximum Gasteiger partial charge on any atom is 0.239 e. The van der Waals surface area contributed by atoms with Crippen LogP contribution in [0.2, 0.25) is 0 Å². The van der Waals surface area contributed by atoms with Crippen molar-refractivity contribution in [1.29, 1.82) is 0 Å². The van der Waals surface area contributed by atoms with Crippen molar-refractivity contribution in [1.82, 2.24) is 4.90 Å². The number of hydrogen-bond donors (Lipinski definition) is 1. The number of hydrogen-bond acceptors (Lipinski definition) is 2. The zero-order valence-electron chi connectivity index (χ0n) is 12.1. The van der Waals surface area contributed by atoms with Gasteiger partial charge in [-0.3, -0.25) is 4.79 Å². The van der Waals surface area contributed by atoms with Gasteiger partial charge in [-0.15, -0.1) is 0 Å². The molecule has 0 radical (unpaired) electrons. The van der Waals surface area contributed by atoms with Crippen LogP contribution in [0.4, 0.5) is 0 Å². The van der Waals surface area contributed by atoms with E-state index in [-0.39, 0.29) is 18.0 Å². The van der Waals surface area contributed by atoms with Crippen molar-refractivity contribution in [3.05, 3.63) is 35.4 Å². The maximum absolute atomic E-state index is 12.2. The molecule has 2 rings (SSSR count). The van der Waals surface area contributed by atoms with Gasteiger partial charge in [0.05, 0.1) is 6.04 Å². The molecule has 0 bridgehead atoms. The Morgan fingerprint density at radius 2 is 2.16 bits per heavy atom. The van der Waals surface area contributed by atoms with Crippen molar-refractivity contribution in [2.75, 3.05) is 6.54 Å². The van der Waals surface area contributed by atoms with E-state index in [0.29, 0.717) is 12.3 Å². The zero-order valence-corrected chi connectivity index (χ0v) is 12.1. The van der Waals surface area contributed by atoms with Crippen molar-refractivity contribution in [2.45, 2.75) is 51.6 Å². The van der Waals surface area contributed by atoms with Crippen molar-refractivity contribution in [2.24, 2.45) is 5.73 Å². The van der Waals surface area contributed by atoms with Gasteiger partial charge in [-0.25, -0.2) is 0 Å². The van der Waals surface area contributed by atoms with Crippen LogP contribution in [0, 0.1) is 6.92 Å². The molecular weight excluding hydrogens is 236 g/mol. The molecule has 0 saturated carbocycles. The van der Waals surface area contributed by atoms with Crippen LogP contribution in [-0.4, -0.2) is 29.4 Å². The van der Waals surface area contributed by atoms with Crippen LogP contribution >= 0.6 is 0 Å². The van der Waals surface area contributed by atoms with Gasteiger partial charge in [0.2, 0.25) is 5.91 Å². The van der Waals surface area contributed by atoms with Gasteiger partial charge >= 0.3 is 0 Å². The fourth-order valence-corrected chi connectivity index (χ4v) is 3.00. The Labute approximate surface area is 115 Å². The SMILES string of the molecule is CC[C@H](N)C(=O)N1C[C@@H](c2ccccc2C)C[C@H]1C. The molecule has 104 valence electrons. The summed E-state index contributed by atoms with van der Waals surface area (Å²) in [7, 11) is 0. The van der Waals surface area contributed by atoms with Crippen molar-refractivity contribution in [3.63, 3.8) is 0 Å². The highest BCUT2D eigenvalue weighted by atomic mass is 16.2. The van der Waals surface area contributed by atoms with E-state index in [9.17, 15) is 4.79 Å². The Morgan fingerprint density at radius 1 is 1.47 bits per heavy atom. The van der Waals surface area contributed by atoms with Gasteiger partial charge in [0.15, 0.2) is 0 Å². The second-order valence-corrected chi connectivity index (χ2v) is 5.64. The Balaban J connectivity index is 2.14. The number of nitrogens with two attached hydrogens (primary N) is 1. The number of likely N-dealkylation sites (tertiary alicyclic amines) is 1. The van der Waals surface area contributed by atoms with E-state index < -0.39 is 0 Å². The molecular formula is C16H24N2O. The molecule has 19 heavy (non-hydrogen) atoms. The second-order valence-electron chi connectivity index (χ2n) is 5.64. The lowest BCUT2D eigenvalue weighted by atomic mass is 9.93. The predicted molar refractivity (Wildman–Crippen MR) is 78.0 cm³/mol. The molecule has 3 atom stereocenters. The fraction of sp³-hybridized carbons (Fsp3) is 0.562. The molecule has 1 aliphatic rings. The van der Waals surface area contributed by atoms with Crippen LogP contribution in [0.5, 0.6) is 0 Å². The number of carbonyl (C=O) groups is 1. The van der Waals surface area contributed by atoms with Gasteiger partial charge in [0.25, 0.3) is 0 Å². The van der Waals surface area contributed by atoms with E-state index in [1.807, 2.05) is 11.8 Å². The molecule has 0 aliphatic carbocycles. The van der Waals surface area contributed by atoms with Crippen LogP contribution in [-0.2, 0) is 4.79 Å². The van der Waals surface area contributed by atoms with E-state index in [0.717, 1.165) is 13.0 Å². The molecule has 1 amide bonds. The molecule has 1 aromatic carbocycles. The van der Waals surface area contributed by atoms with Crippen molar-refractivity contribution >= 4 is 5.91 Å². The monoisotopic (exact) mass is 260 g/mol. The van der Waals surface area contributed by atoms with Crippen LogP contribution in [0.25, 0.3) is 0 Å². The summed E-state index contributed by atoms with van der Waals surface area (Å²) in [5.74, 6) is 0.551. The van der Waals surface area contributed by atoms with Crippen LogP contribution in [0.1, 0.15) is 43.7 Å². The summed E-state index contributed by atoms with van der Waals surface area (Å²) in [6, 6.07) is 8.40. The highest BCUT2D eigenvalue weighted by molar-refractivity contribution is 5.82. The van der Waals surface area contributed by atoms with E-state index in [2.05, 4.69) is 38.1 Å². The number of carbonyl (C=O) groups excluding carboxylic acids is 1. The summed E-state index contributed by atoms with van der Waals surface area (Å²) in [5.41, 5.74) is 8.57. The van der Waals surface area contributed by atoms with E-state index in [1.54, 1.807) is 0 Å². The molecule has 1 aromatic rings. The normalized spacial score (nSPS) is 24.5. The number of aryl methyl sites for hydroxylation is 1. The summed E-state index contributed by atoms with van der Waals surface area (Å²) < 4.78 is 0. The molecule has 1 saturated heterocycles. The van der Waals surface area contributed by atoms with Gasteiger partial charge < -0.3 is 10.6 Å². The first-order chi connectivity index (χ1) is 9.04. The van der Waals surface area contributed by atoms with Gasteiger partial charge in [-0.1, -0.05) is 31.2 Å². The highest BCUT2D eigenvalue weighted by Crippen LogP contribution is 2.33.